The number of phenolic OH excluding ortho intramolecular Hbond substituents is 1. The molecule has 0 aliphatic heterocycles. The van der Waals surface area contributed by atoms with Gasteiger partial charge < -0.3 is 9.84 Å². The molecule has 0 amide bonds. The Labute approximate surface area is 99.3 Å². The van der Waals surface area contributed by atoms with Gasteiger partial charge in [-0.1, -0.05) is 30.3 Å². The molecule has 0 atom stereocenters. The average molecular weight is 228 g/mol. The van der Waals surface area contributed by atoms with Crippen molar-refractivity contribution in [1.82, 2.24) is 0 Å². The van der Waals surface area contributed by atoms with E-state index in [0.717, 1.165) is 11.1 Å². The molecule has 2 aromatic carbocycles. The fourth-order valence-electron chi connectivity index (χ4n) is 1.70. The molecule has 2 aromatic rings. The topological polar surface area (TPSA) is 46.5 Å². The molecule has 0 fully saturated rings. The van der Waals surface area contributed by atoms with Crippen molar-refractivity contribution in [2.75, 3.05) is 7.11 Å². The number of carbonyl (C=O) groups is 1. The molecule has 0 heterocycles. The second kappa shape index (κ2) is 4.70. The second-order valence-electron chi connectivity index (χ2n) is 3.59. The van der Waals surface area contributed by atoms with Crippen LogP contribution in [-0.4, -0.2) is 18.2 Å². The van der Waals surface area contributed by atoms with E-state index in [4.69, 9.17) is 4.74 Å². The predicted octanol–water partition coefficient (Wildman–Crippen LogP) is 2.85. The van der Waals surface area contributed by atoms with Gasteiger partial charge >= 0.3 is 5.97 Å². The van der Waals surface area contributed by atoms with Crippen LogP contribution in [-0.2, 0) is 4.74 Å². The number of carbonyl (C=O) groups excluding carboxylic acids is 1. The largest absolute Gasteiger partial charge is 0.508 e. The summed E-state index contributed by atoms with van der Waals surface area (Å²) in [5.41, 5.74) is 2.02. The second-order valence-corrected chi connectivity index (χ2v) is 3.59. The van der Waals surface area contributed by atoms with Crippen LogP contribution in [0.5, 0.6) is 5.75 Å². The Hall–Kier alpha value is -2.29. The third kappa shape index (κ3) is 2.28. The number of hydrogen-bond acceptors (Lipinski definition) is 3. The smallest absolute Gasteiger partial charge is 0.338 e. The van der Waals surface area contributed by atoms with Crippen LogP contribution in [0.1, 0.15) is 10.4 Å². The SMILES string of the molecule is COC(=O)c1ccccc1-c1cccc(O)c1. The zero-order valence-corrected chi connectivity index (χ0v) is 9.38. The molecule has 0 spiro atoms. The van der Waals surface area contributed by atoms with Crippen molar-refractivity contribution in [3.05, 3.63) is 54.1 Å². The molecule has 0 saturated carbocycles. The molecule has 1 N–H and O–H groups in total. The van der Waals surface area contributed by atoms with Gasteiger partial charge in [0, 0.05) is 0 Å². The summed E-state index contributed by atoms with van der Waals surface area (Å²) < 4.78 is 4.73. The summed E-state index contributed by atoms with van der Waals surface area (Å²) in [5, 5.41) is 9.44. The van der Waals surface area contributed by atoms with Crippen molar-refractivity contribution in [3.63, 3.8) is 0 Å². The van der Waals surface area contributed by atoms with Crippen LogP contribution in [0, 0.1) is 0 Å². The number of methoxy groups -OCH3 is 1. The fraction of sp³-hybridized carbons (Fsp3) is 0.0714. The molecule has 0 unspecified atom stereocenters. The highest BCUT2D eigenvalue weighted by Crippen LogP contribution is 2.26. The third-order valence-corrected chi connectivity index (χ3v) is 2.49. The van der Waals surface area contributed by atoms with Gasteiger partial charge in [-0.05, 0) is 29.3 Å². The molecule has 86 valence electrons. The highest BCUT2D eigenvalue weighted by atomic mass is 16.5. The first-order valence-corrected chi connectivity index (χ1v) is 5.19. The van der Waals surface area contributed by atoms with Gasteiger partial charge in [0.1, 0.15) is 5.75 Å². The number of benzene rings is 2. The van der Waals surface area contributed by atoms with Crippen molar-refractivity contribution >= 4 is 5.97 Å². The first kappa shape index (κ1) is 11.2. The van der Waals surface area contributed by atoms with Gasteiger partial charge in [0.05, 0.1) is 12.7 Å². The van der Waals surface area contributed by atoms with E-state index in [2.05, 4.69) is 0 Å². The average Bonchev–Trinajstić information content (AvgIpc) is 2.38. The summed E-state index contributed by atoms with van der Waals surface area (Å²) in [7, 11) is 1.35. The molecule has 3 heteroatoms. The summed E-state index contributed by atoms with van der Waals surface area (Å²) >= 11 is 0. The van der Waals surface area contributed by atoms with Crippen molar-refractivity contribution in [3.8, 4) is 16.9 Å². The fourth-order valence-corrected chi connectivity index (χ4v) is 1.70. The van der Waals surface area contributed by atoms with Gasteiger partial charge in [-0.3, -0.25) is 0 Å². The molecule has 2 rings (SSSR count). The van der Waals surface area contributed by atoms with Crippen LogP contribution in [0.2, 0.25) is 0 Å². The number of esters is 1. The highest BCUT2D eigenvalue weighted by molar-refractivity contribution is 5.97. The van der Waals surface area contributed by atoms with E-state index in [-0.39, 0.29) is 11.7 Å². The van der Waals surface area contributed by atoms with Gasteiger partial charge in [-0.2, -0.15) is 0 Å². The maximum atomic E-state index is 11.6. The van der Waals surface area contributed by atoms with E-state index >= 15 is 0 Å². The third-order valence-electron chi connectivity index (χ3n) is 2.49. The zero-order chi connectivity index (χ0) is 12.3. The van der Waals surface area contributed by atoms with Gasteiger partial charge in [-0.25, -0.2) is 4.79 Å². The van der Waals surface area contributed by atoms with Crippen LogP contribution < -0.4 is 0 Å². The lowest BCUT2D eigenvalue weighted by molar-refractivity contribution is 0.0601. The van der Waals surface area contributed by atoms with E-state index in [1.165, 1.54) is 7.11 Å². The van der Waals surface area contributed by atoms with Crippen LogP contribution in [0.3, 0.4) is 0 Å². The summed E-state index contributed by atoms with van der Waals surface area (Å²) in [6.07, 6.45) is 0. The first-order valence-electron chi connectivity index (χ1n) is 5.19. The maximum absolute atomic E-state index is 11.6. The Morgan fingerprint density at radius 1 is 1.12 bits per heavy atom. The lowest BCUT2D eigenvalue weighted by atomic mass is 9.99. The molecular formula is C14H12O3. The van der Waals surface area contributed by atoms with E-state index < -0.39 is 0 Å². The van der Waals surface area contributed by atoms with Gasteiger partial charge in [0.25, 0.3) is 0 Å². The monoisotopic (exact) mass is 228 g/mol. The molecule has 3 nitrogen and oxygen atoms in total. The Balaban J connectivity index is 2.55. The minimum atomic E-state index is -0.385. The Morgan fingerprint density at radius 3 is 2.59 bits per heavy atom. The molecule has 0 radical (unpaired) electrons. The van der Waals surface area contributed by atoms with E-state index in [1.807, 2.05) is 18.2 Å². The molecule has 0 saturated heterocycles. The molecule has 0 aromatic heterocycles. The number of ether oxygens (including phenoxy) is 1. The van der Waals surface area contributed by atoms with Gasteiger partial charge in [0.15, 0.2) is 0 Å². The number of rotatable bonds is 2. The summed E-state index contributed by atoms with van der Waals surface area (Å²) in [4.78, 5) is 11.6. The van der Waals surface area contributed by atoms with E-state index in [9.17, 15) is 9.90 Å². The molecular weight excluding hydrogens is 216 g/mol. The van der Waals surface area contributed by atoms with Crippen molar-refractivity contribution < 1.29 is 14.6 Å². The maximum Gasteiger partial charge on any atom is 0.338 e. The molecule has 0 aliphatic carbocycles. The number of hydrogen-bond donors (Lipinski definition) is 1. The molecule has 0 aliphatic rings. The van der Waals surface area contributed by atoms with Crippen LogP contribution in [0.25, 0.3) is 11.1 Å². The van der Waals surface area contributed by atoms with Crippen LogP contribution in [0.15, 0.2) is 48.5 Å². The summed E-state index contributed by atoms with van der Waals surface area (Å²) in [6.45, 7) is 0. The minimum absolute atomic E-state index is 0.169. The lowest BCUT2D eigenvalue weighted by Gasteiger charge is -2.07. The zero-order valence-electron chi connectivity index (χ0n) is 9.38. The van der Waals surface area contributed by atoms with Gasteiger partial charge in [0.2, 0.25) is 0 Å². The van der Waals surface area contributed by atoms with E-state index in [1.54, 1.807) is 30.3 Å². The molecule has 0 bridgehead atoms. The normalized spacial score (nSPS) is 9.94. The lowest BCUT2D eigenvalue weighted by Crippen LogP contribution is -2.03. The Kier molecular flexibility index (Phi) is 3.10. The van der Waals surface area contributed by atoms with Crippen molar-refractivity contribution in [1.29, 1.82) is 0 Å². The minimum Gasteiger partial charge on any atom is -0.508 e. The number of phenols is 1. The quantitative estimate of drug-likeness (QED) is 0.804. The Morgan fingerprint density at radius 2 is 1.88 bits per heavy atom. The van der Waals surface area contributed by atoms with Crippen molar-refractivity contribution in [2.24, 2.45) is 0 Å². The van der Waals surface area contributed by atoms with Gasteiger partial charge in [-0.15, -0.1) is 0 Å². The summed E-state index contributed by atoms with van der Waals surface area (Å²) in [6, 6.07) is 13.9. The highest BCUT2D eigenvalue weighted by Gasteiger charge is 2.12. The first-order chi connectivity index (χ1) is 8.22. The molecule has 17 heavy (non-hydrogen) atoms. The standard InChI is InChI=1S/C14H12O3/c1-17-14(16)13-8-3-2-7-12(13)10-5-4-6-11(15)9-10/h2-9,15H,1H3. The Bertz CT molecular complexity index is 547. The van der Waals surface area contributed by atoms with Crippen LogP contribution in [0.4, 0.5) is 0 Å². The van der Waals surface area contributed by atoms with Crippen LogP contribution >= 0.6 is 0 Å². The van der Waals surface area contributed by atoms with Crippen molar-refractivity contribution in [2.45, 2.75) is 0 Å². The number of aromatic hydroxyl groups is 1. The predicted molar refractivity (Wildman–Crippen MR) is 64.9 cm³/mol. The summed E-state index contributed by atoms with van der Waals surface area (Å²) in [5.74, 6) is -0.217. The van der Waals surface area contributed by atoms with E-state index in [0.29, 0.717) is 5.56 Å².